The number of guanidine groups is 1. The fourth-order valence-electron chi connectivity index (χ4n) is 5.24. The van der Waals surface area contributed by atoms with Crippen LogP contribution in [0.25, 0.3) is 0 Å². The molecule has 48 heavy (non-hydrogen) atoms. The van der Waals surface area contributed by atoms with E-state index in [4.69, 9.17) is 5.73 Å². The lowest BCUT2D eigenvalue weighted by molar-refractivity contribution is -0.121. The van der Waals surface area contributed by atoms with E-state index in [1.807, 2.05) is 6.92 Å². The summed E-state index contributed by atoms with van der Waals surface area (Å²) in [5.74, 6) is -0.164. The third-order valence-electron chi connectivity index (χ3n) is 8.01. The quantitative estimate of drug-likeness (QED) is 0.0249. The molecular weight excluding hydrogens is 624 g/mol. The van der Waals surface area contributed by atoms with Crippen LogP contribution in [-0.4, -0.2) is 132 Å². The molecule has 0 bridgehead atoms. The molecule has 14 heteroatoms. The van der Waals surface area contributed by atoms with Crippen molar-refractivity contribution in [3.05, 3.63) is 36.5 Å². The normalized spacial score (nSPS) is 21.7. The number of nitrogens with one attached hydrogen (secondary N) is 2. The zero-order valence-electron chi connectivity index (χ0n) is 28.3. The van der Waals surface area contributed by atoms with Gasteiger partial charge in [-0.25, -0.2) is 0 Å². The number of hydrogen-bond donors (Lipinski definition) is 12. The third kappa shape index (κ3) is 22.4. The Bertz CT molecular complexity index is 976. The van der Waals surface area contributed by atoms with Crippen LogP contribution in [-0.2, 0) is 4.79 Å². The highest BCUT2D eigenvalue weighted by Gasteiger charge is 2.22. The minimum Gasteiger partial charge on any atom is -0.393 e. The number of amides is 1. The van der Waals surface area contributed by atoms with E-state index in [9.17, 15) is 50.8 Å². The molecule has 1 saturated heterocycles. The van der Waals surface area contributed by atoms with E-state index in [1.54, 1.807) is 18.2 Å². The lowest BCUT2D eigenvalue weighted by Gasteiger charge is -2.17. The minimum absolute atomic E-state index is 0.0122. The minimum atomic E-state index is -0.994. The summed E-state index contributed by atoms with van der Waals surface area (Å²) < 4.78 is 0. The molecule has 13 N–H and O–H groups in total. The monoisotopic (exact) mass is 686 g/mol. The Morgan fingerprint density at radius 2 is 1.23 bits per heavy atom. The summed E-state index contributed by atoms with van der Waals surface area (Å²) in [5, 5.41) is 96.2. The Balaban J connectivity index is 2.20. The van der Waals surface area contributed by atoms with Gasteiger partial charge >= 0.3 is 0 Å². The van der Waals surface area contributed by atoms with E-state index in [1.165, 1.54) is 18.2 Å². The average molecular weight is 687 g/mol. The predicted octanol–water partition coefficient (Wildman–Crippen LogP) is -0.603. The molecule has 1 aliphatic heterocycles. The van der Waals surface area contributed by atoms with Crippen molar-refractivity contribution in [3.8, 4) is 0 Å². The van der Waals surface area contributed by atoms with Crippen LogP contribution >= 0.6 is 0 Å². The van der Waals surface area contributed by atoms with E-state index < -0.39 is 54.9 Å². The predicted molar refractivity (Wildman–Crippen MR) is 184 cm³/mol. The zero-order chi connectivity index (χ0) is 35.9. The van der Waals surface area contributed by atoms with Crippen LogP contribution in [0.1, 0.15) is 90.4 Å². The molecule has 0 radical (unpaired) electrons. The summed E-state index contributed by atoms with van der Waals surface area (Å²) >= 11 is 0. The molecule has 0 aliphatic carbocycles. The lowest BCUT2D eigenvalue weighted by Crippen LogP contribution is -2.46. The SMILES string of the molecule is CCC(O)CC(O)C=CCC(O)CC(O)CC(O)C=CCC(O)CC(O)C=CCC(O)CC(O)CCCN=C(N)NC(=O)C1CCCN1. The summed E-state index contributed by atoms with van der Waals surface area (Å²) in [4.78, 5) is 16.1. The summed E-state index contributed by atoms with van der Waals surface area (Å²) in [6, 6.07) is -0.249. The van der Waals surface area contributed by atoms with Gasteiger partial charge in [-0.3, -0.25) is 15.1 Å². The number of aliphatic imine (C=N–C) groups is 1. The molecule has 278 valence electrons. The molecule has 1 heterocycles. The van der Waals surface area contributed by atoms with Gasteiger partial charge < -0.3 is 57.0 Å². The smallest absolute Gasteiger partial charge is 0.243 e. The van der Waals surface area contributed by atoms with Crippen molar-refractivity contribution in [2.75, 3.05) is 13.1 Å². The first-order valence-electron chi connectivity index (χ1n) is 17.3. The second-order valence-electron chi connectivity index (χ2n) is 12.8. The van der Waals surface area contributed by atoms with Crippen molar-refractivity contribution in [1.82, 2.24) is 10.6 Å². The molecule has 0 spiro atoms. The van der Waals surface area contributed by atoms with Crippen LogP contribution in [0.4, 0.5) is 0 Å². The standard InChI is InChI=1S/C34H62N4O10/c1-2-23(39)18-24(40)8-3-12-28(44)21-31(47)22-29(45)13-5-11-26(42)19-25(41)9-4-10-27(43)20-30(46)14-6-17-37-34(35)38-33(48)32-15-7-16-36-32/h3-5,8-9,13,23-32,36,39-47H,2,6-7,10-12,14-22H2,1H3,(H3,35,37,38,48). The molecule has 14 nitrogen and oxygen atoms in total. The van der Waals surface area contributed by atoms with Gasteiger partial charge in [0.25, 0.3) is 0 Å². The van der Waals surface area contributed by atoms with Gasteiger partial charge in [0.15, 0.2) is 5.96 Å². The highest BCUT2D eigenvalue weighted by atomic mass is 16.3. The van der Waals surface area contributed by atoms with Crippen molar-refractivity contribution in [1.29, 1.82) is 0 Å². The number of aliphatic hydroxyl groups excluding tert-OH is 9. The second-order valence-corrected chi connectivity index (χ2v) is 12.8. The maximum atomic E-state index is 12.0. The van der Waals surface area contributed by atoms with Crippen molar-refractivity contribution < 1.29 is 50.8 Å². The number of rotatable bonds is 25. The molecular formula is C34H62N4O10. The Morgan fingerprint density at radius 3 is 1.73 bits per heavy atom. The van der Waals surface area contributed by atoms with Crippen molar-refractivity contribution in [2.45, 2.75) is 151 Å². The van der Waals surface area contributed by atoms with Crippen LogP contribution in [0.3, 0.4) is 0 Å². The van der Waals surface area contributed by atoms with Gasteiger partial charge in [-0.05, 0) is 70.8 Å². The first-order chi connectivity index (χ1) is 22.8. The Labute approximate surface area is 284 Å². The van der Waals surface area contributed by atoms with Gasteiger partial charge in [0.2, 0.25) is 5.91 Å². The molecule has 0 saturated carbocycles. The second kappa shape index (κ2) is 25.7. The molecule has 1 rings (SSSR count). The van der Waals surface area contributed by atoms with E-state index in [0.717, 1.165) is 19.4 Å². The maximum absolute atomic E-state index is 12.0. The summed E-state index contributed by atoms with van der Waals surface area (Å²) in [7, 11) is 0. The number of carbonyl (C=O) groups is 1. The van der Waals surface area contributed by atoms with Crippen molar-refractivity contribution in [2.24, 2.45) is 10.7 Å². The van der Waals surface area contributed by atoms with E-state index in [2.05, 4.69) is 15.6 Å². The van der Waals surface area contributed by atoms with E-state index in [0.29, 0.717) is 25.8 Å². The molecule has 0 aromatic heterocycles. The highest BCUT2D eigenvalue weighted by molar-refractivity contribution is 5.98. The largest absolute Gasteiger partial charge is 0.393 e. The van der Waals surface area contributed by atoms with Crippen LogP contribution < -0.4 is 16.4 Å². The molecule has 10 unspecified atom stereocenters. The molecule has 0 aromatic rings. The van der Waals surface area contributed by atoms with Crippen LogP contribution in [0.2, 0.25) is 0 Å². The van der Waals surface area contributed by atoms with Crippen molar-refractivity contribution >= 4 is 11.9 Å². The van der Waals surface area contributed by atoms with E-state index >= 15 is 0 Å². The number of nitrogens with zero attached hydrogens (tertiary/aromatic N) is 1. The summed E-state index contributed by atoms with van der Waals surface area (Å²) in [5.41, 5.74) is 5.75. The third-order valence-corrected chi connectivity index (χ3v) is 8.01. The summed E-state index contributed by atoms with van der Waals surface area (Å²) in [6.45, 7) is 2.94. The topological polar surface area (TPSA) is 262 Å². The fraction of sp³-hybridized carbons (Fsp3) is 0.765. The Kier molecular flexibility index (Phi) is 23.4. The number of carbonyl (C=O) groups excluding carboxylic acids is 1. The van der Waals surface area contributed by atoms with Gasteiger partial charge in [-0.15, -0.1) is 0 Å². The maximum Gasteiger partial charge on any atom is 0.243 e. The lowest BCUT2D eigenvalue weighted by atomic mass is 10.0. The average Bonchev–Trinajstić information content (AvgIpc) is 3.54. The van der Waals surface area contributed by atoms with Crippen molar-refractivity contribution in [3.63, 3.8) is 0 Å². The molecule has 10 atom stereocenters. The van der Waals surface area contributed by atoms with Gasteiger partial charge in [-0.1, -0.05) is 43.4 Å². The fourth-order valence-corrected chi connectivity index (χ4v) is 5.24. The van der Waals surface area contributed by atoms with Gasteiger partial charge in [-0.2, -0.15) is 0 Å². The van der Waals surface area contributed by atoms with Gasteiger partial charge in [0.1, 0.15) is 0 Å². The van der Waals surface area contributed by atoms with Crippen LogP contribution in [0.15, 0.2) is 41.4 Å². The Hall–Kier alpha value is -2.24. The molecule has 0 aromatic carbocycles. The van der Waals surface area contributed by atoms with E-state index in [-0.39, 0.29) is 69.3 Å². The zero-order valence-corrected chi connectivity index (χ0v) is 28.3. The number of nitrogens with two attached hydrogens (primary N) is 1. The van der Waals surface area contributed by atoms with Crippen LogP contribution in [0.5, 0.6) is 0 Å². The number of hydrogen-bond acceptors (Lipinski definition) is 12. The molecule has 1 amide bonds. The Morgan fingerprint density at radius 1 is 0.750 bits per heavy atom. The van der Waals surface area contributed by atoms with Crippen LogP contribution in [0, 0.1) is 0 Å². The summed E-state index contributed by atoms with van der Waals surface area (Å²) in [6.07, 6.45) is 5.61. The number of aliphatic hydroxyl groups is 9. The highest BCUT2D eigenvalue weighted by Crippen LogP contribution is 2.13. The van der Waals surface area contributed by atoms with Gasteiger partial charge in [0, 0.05) is 25.8 Å². The molecule has 1 fully saturated rings. The first-order valence-corrected chi connectivity index (χ1v) is 17.3. The van der Waals surface area contributed by atoms with Gasteiger partial charge in [0.05, 0.1) is 61.0 Å². The molecule has 1 aliphatic rings. The first kappa shape index (κ1) is 43.8.